The maximum Gasteiger partial charge on any atom is 0.469 e. The molecule has 0 unspecified atom stereocenters. The first-order valence-corrected chi connectivity index (χ1v) is 21.2. The van der Waals surface area contributed by atoms with Crippen molar-refractivity contribution in [2.75, 3.05) is 19.8 Å². The molecule has 0 saturated carbocycles. The maximum atomic E-state index is 12.4. The molecule has 0 aromatic rings. The Morgan fingerprint density at radius 1 is 0.528 bits per heavy atom. The fourth-order valence-electron chi connectivity index (χ4n) is 4.75. The van der Waals surface area contributed by atoms with Crippen LogP contribution in [-0.2, 0) is 28.2 Å². The van der Waals surface area contributed by atoms with Crippen molar-refractivity contribution < 1.29 is 43.0 Å². The van der Waals surface area contributed by atoms with Crippen molar-refractivity contribution in [3.8, 4) is 0 Å². The van der Waals surface area contributed by atoms with Gasteiger partial charge in [-0.3, -0.25) is 14.1 Å². The van der Waals surface area contributed by atoms with E-state index in [0.29, 0.717) is 19.3 Å². The van der Waals surface area contributed by atoms with E-state index in [2.05, 4.69) is 96.5 Å². The molecule has 0 fully saturated rings. The Hall–Kier alpha value is -3.07. The van der Waals surface area contributed by atoms with Gasteiger partial charge in [-0.2, -0.15) is 0 Å². The zero-order valence-corrected chi connectivity index (χ0v) is 33.2. The quantitative estimate of drug-likeness (QED) is 0.0249. The summed E-state index contributed by atoms with van der Waals surface area (Å²) in [6, 6.07) is 0. The third kappa shape index (κ3) is 41.5. The second kappa shape index (κ2) is 38.6. The summed E-state index contributed by atoms with van der Waals surface area (Å²) < 4.78 is 26.3. The van der Waals surface area contributed by atoms with Crippen LogP contribution in [0.25, 0.3) is 0 Å². The number of hydrogen-bond donors (Lipinski definition) is 3. The predicted molar refractivity (Wildman–Crippen MR) is 217 cm³/mol. The van der Waals surface area contributed by atoms with Crippen LogP contribution in [0.15, 0.2) is 97.2 Å². The summed E-state index contributed by atoms with van der Waals surface area (Å²) in [5.41, 5.74) is 0. The Balaban J connectivity index is 4.12. The Bertz CT molecular complexity index is 1170. The molecule has 0 saturated heterocycles. The first-order chi connectivity index (χ1) is 25.8. The lowest BCUT2D eigenvalue weighted by molar-refractivity contribution is -0.161. The van der Waals surface area contributed by atoms with Crippen LogP contribution in [0.1, 0.15) is 135 Å². The molecule has 0 bridgehead atoms. The monoisotopic (exact) mass is 760 g/mol. The number of esters is 2. The summed E-state index contributed by atoms with van der Waals surface area (Å²) in [7, 11) is -4.78. The van der Waals surface area contributed by atoms with E-state index in [1.165, 1.54) is 0 Å². The summed E-state index contributed by atoms with van der Waals surface area (Å²) in [6.07, 6.45) is 50.0. The molecule has 1 atom stereocenters. The topological polar surface area (TPSA) is 140 Å². The van der Waals surface area contributed by atoms with Gasteiger partial charge in [0.25, 0.3) is 0 Å². The van der Waals surface area contributed by atoms with Crippen molar-refractivity contribution >= 4 is 19.8 Å². The van der Waals surface area contributed by atoms with Gasteiger partial charge in [0.05, 0.1) is 6.61 Å². The first-order valence-electron chi connectivity index (χ1n) is 19.6. The second-order valence-electron chi connectivity index (χ2n) is 12.6. The van der Waals surface area contributed by atoms with Crippen LogP contribution in [-0.4, -0.2) is 52.8 Å². The molecule has 0 radical (unpaired) electrons. The van der Waals surface area contributed by atoms with Crippen LogP contribution in [0.5, 0.6) is 0 Å². The van der Waals surface area contributed by atoms with Crippen LogP contribution in [0, 0.1) is 0 Å². The minimum atomic E-state index is -4.78. The van der Waals surface area contributed by atoms with Crippen LogP contribution in [0.4, 0.5) is 0 Å². The average molecular weight is 761 g/mol. The third-order valence-corrected chi connectivity index (χ3v) is 8.13. The van der Waals surface area contributed by atoms with E-state index in [1.807, 2.05) is 12.2 Å². The molecule has 0 aromatic carbocycles. The molecule has 0 amide bonds. The fraction of sp³-hybridized carbons (Fsp3) is 0.581. The van der Waals surface area contributed by atoms with E-state index in [4.69, 9.17) is 24.4 Å². The minimum Gasteiger partial charge on any atom is -0.462 e. The van der Waals surface area contributed by atoms with E-state index in [0.717, 1.165) is 96.3 Å². The van der Waals surface area contributed by atoms with Gasteiger partial charge in [0.15, 0.2) is 6.10 Å². The van der Waals surface area contributed by atoms with Crippen molar-refractivity contribution in [2.45, 2.75) is 141 Å². The number of allylic oxidation sites excluding steroid dienone is 16. The molecule has 0 heterocycles. The number of aliphatic hydroxyl groups is 1. The summed E-state index contributed by atoms with van der Waals surface area (Å²) in [5.74, 6) is -1.00. The van der Waals surface area contributed by atoms with Gasteiger partial charge in [-0.25, -0.2) is 4.57 Å². The highest BCUT2D eigenvalue weighted by Gasteiger charge is 2.22. The van der Waals surface area contributed by atoms with E-state index >= 15 is 0 Å². The van der Waals surface area contributed by atoms with Gasteiger partial charge in [0.2, 0.25) is 0 Å². The Labute approximate surface area is 320 Å². The molecule has 0 spiro atoms. The molecule has 300 valence electrons. The lowest BCUT2D eigenvalue weighted by Gasteiger charge is -2.18. The number of phosphoric ester groups is 1. The lowest BCUT2D eigenvalue weighted by Crippen LogP contribution is -2.29. The number of phosphoric acid groups is 1. The largest absolute Gasteiger partial charge is 0.469 e. The van der Waals surface area contributed by atoms with E-state index in [-0.39, 0.29) is 26.1 Å². The Kier molecular flexibility index (Phi) is 36.4. The molecule has 9 nitrogen and oxygen atoms in total. The summed E-state index contributed by atoms with van der Waals surface area (Å²) in [6.45, 7) is 1.49. The third-order valence-electron chi connectivity index (χ3n) is 7.64. The average Bonchev–Trinajstić information content (AvgIpc) is 3.13. The van der Waals surface area contributed by atoms with Crippen molar-refractivity contribution in [1.29, 1.82) is 0 Å². The number of rotatable bonds is 35. The number of unbranched alkanes of at least 4 members (excludes halogenated alkanes) is 8. The van der Waals surface area contributed by atoms with Crippen molar-refractivity contribution in [3.05, 3.63) is 97.2 Å². The van der Waals surface area contributed by atoms with Crippen molar-refractivity contribution in [1.82, 2.24) is 0 Å². The molecule has 0 rings (SSSR count). The normalized spacial score (nSPS) is 13.5. The number of carbonyl (C=O) groups excluding carboxylic acids is 2. The van der Waals surface area contributed by atoms with Crippen LogP contribution < -0.4 is 0 Å². The zero-order chi connectivity index (χ0) is 38.9. The predicted octanol–water partition coefficient (Wildman–Crippen LogP) is 10.8. The van der Waals surface area contributed by atoms with Gasteiger partial charge >= 0.3 is 19.8 Å². The maximum absolute atomic E-state index is 12.4. The molecule has 0 aliphatic carbocycles. The highest BCUT2D eigenvalue weighted by Crippen LogP contribution is 2.36. The van der Waals surface area contributed by atoms with Gasteiger partial charge in [-0.15, -0.1) is 0 Å². The number of carbonyl (C=O) groups is 2. The number of hydrogen-bond acceptors (Lipinski definition) is 7. The van der Waals surface area contributed by atoms with E-state index in [1.54, 1.807) is 0 Å². The fourth-order valence-corrected chi connectivity index (χ4v) is 5.11. The lowest BCUT2D eigenvalue weighted by atomic mass is 10.1. The zero-order valence-electron chi connectivity index (χ0n) is 32.3. The van der Waals surface area contributed by atoms with Gasteiger partial charge < -0.3 is 24.4 Å². The second-order valence-corrected chi connectivity index (χ2v) is 13.8. The smallest absolute Gasteiger partial charge is 0.462 e. The van der Waals surface area contributed by atoms with E-state index in [9.17, 15) is 14.2 Å². The SMILES string of the molecule is CC/C=C\C/C=C\C/C=C\C/C=C\CCCCCCC(=O)O[C@H](COC(=O)CCC/C=C\C/C=C\C/C=C\C/C=C\CCCCCO)COP(=O)(O)O. The summed E-state index contributed by atoms with van der Waals surface area (Å²) >= 11 is 0. The van der Waals surface area contributed by atoms with Crippen LogP contribution in [0.2, 0.25) is 0 Å². The molecule has 0 aromatic heterocycles. The van der Waals surface area contributed by atoms with Crippen LogP contribution in [0.3, 0.4) is 0 Å². The van der Waals surface area contributed by atoms with Gasteiger partial charge in [0.1, 0.15) is 6.61 Å². The Morgan fingerprint density at radius 3 is 1.42 bits per heavy atom. The first kappa shape index (κ1) is 49.9. The van der Waals surface area contributed by atoms with Crippen molar-refractivity contribution in [2.24, 2.45) is 0 Å². The van der Waals surface area contributed by atoms with E-state index < -0.39 is 32.5 Å². The van der Waals surface area contributed by atoms with Gasteiger partial charge in [0, 0.05) is 19.4 Å². The Morgan fingerprint density at radius 2 is 0.943 bits per heavy atom. The highest BCUT2D eigenvalue weighted by atomic mass is 31.2. The van der Waals surface area contributed by atoms with Gasteiger partial charge in [-0.05, 0) is 96.3 Å². The molecule has 53 heavy (non-hydrogen) atoms. The number of ether oxygens (including phenoxy) is 2. The molecule has 0 aliphatic heterocycles. The van der Waals surface area contributed by atoms with Crippen LogP contribution >= 0.6 is 7.82 Å². The molecular weight excluding hydrogens is 691 g/mol. The summed E-state index contributed by atoms with van der Waals surface area (Å²) in [5, 5.41) is 8.77. The minimum absolute atomic E-state index is 0.161. The van der Waals surface area contributed by atoms with Gasteiger partial charge in [-0.1, -0.05) is 123 Å². The molecular formula is C43H69O9P. The molecule has 10 heteroatoms. The summed E-state index contributed by atoms with van der Waals surface area (Å²) in [4.78, 5) is 42.7. The standard InChI is InChI=1S/C43H69O9P/c1-2-3-4-5-6-7-8-9-10-12-16-19-22-25-28-31-34-37-43(46)52-41(40-51-53(47,48)49)39-50-42(45)36-33-30-27-24-21-18-15-13-11-14-17-20-23-26-29-32-35-38-44/h3-4,6-7,9-11,14-16,18-20,23-24,27,41,44H,2,5,8,12-13,17,21-22,25-26,28-40H2,1H3,(H2,47,48,49)/b4-3-,7-6-,10-9-,14-11-,18-15-,19-16-,23-20-,27-24-/t41-/m1/s1. The van der Waals surface area contributed by atoms with Crippen molar-refractivity contribution in [3.63, 3.8) is 0 Å². The molecule has 3 N–H and O–H groups in total. The molecule has 0 aliphatic rings. The highest BCUT2D eigenvalue weighted by molar-refractivity contribution is 7.46. The number of aliphatic hydroxyl groups excluding tert-OH is 1.